The molecule has 0 aliphatic carbocycles. The van der Waals surface area contributed by atoms with Crippen LogP contribution in [-0.2, 0) is 4.79 Å². The van der Waals surface area contributed by atoms with Gasteiger partial charge >= 0.3 is 5.97 Å². The summed E-state index contributed by atoms with van der Waals surface area (Å²) in [6.45, 7) is 4.19. The Morgan fingerprint density at radius 1 is 0.923 bits per heavy atom. The van der Waals surface area contributed by atoms with E-state index < -0.39 is 0 Å². The van der Waals surface area contributed by atoms with E-state index >= 15 is 0 Å². The first-order valence-corrected chi connectivity index (χ1v) is 8.53. The molecule has 6 nitrogen and oxygen atoms in total. The highest BCUT2D eigenvalue weighted by Gasteiger charge is 2.22. The van der Waals surface area contributed by atoms with Gasteiger partial charge in [-0.3, -0.25) is 9.59 Å². The lowest BCUT2D eigenvalue weighted by Gasteiger charge is -2.36. The lowest BCUT2D eigenvalue weighted by molar-refractivity contribution is -0.131. The van der Waals surface area contributed by atoms with E-state index in [9.17, 15) is 9.59 Å². The van der Waals surface area contributed by atoms with Crippen LogP contribution in [0.4, 0.5) is 5.69 Å². The third kappa shape index (κ3) is 4.14. The molecule has 0 unspecified atom stereocenters. The standard InChI is InChI=1S/C20H22N2O4/c1-15(23)26-18-8-6-16(7-9-18)20(24)22-12-10-21(11-13-22)17-4-3-5-19(14-17)25-2/h3-9,14H,10-13H2,1-2H3. The number of hydrogen-bond acceptors (Lipinski definition) is 5. The van der Waals surface area contributed by atoms with Crippen molar-refractivity contribution in [2.45, 2.75) is 6.92 Å². The molecule has 3 rings (SSSR count). The van der Waals surface area contributed by atoms with Crippen molar-refractivity contribution in [3.8, 4) is 11.5 Å². The molecule has 2 aromatic rings. The number of methoxy groups -OCH3 is 1. The van der Waals surface area contributed by atoms with E-state index in [1.807, 2.05) is 29.2 Å². The Kier molecular flexibility index (Phi) is 5.41. The zero-order valence-corrected chi connectivity index (χ0v) is 15.0. The molecular formula is C20H22N2O4. The molecule has 0 atom stereocenters. The minimum absolute atomic E-state index is 0.00957. The van der Waals surface area contributed by atoms with Crippen LogP contribution < -0.4 is 14.4 Å². The zero-order valence-electron chi connectivity index (χ0n) is 15.0. The molecule has 6 heteroatoms. The van der Waals surface area contributed by atoms with E-state index in [1.165, 1.54) is 6.92 Å². The van der Waals surface area contributed by atoms with Gasteiger partial charge in [0.2, 0.25) is 0 Å². The highest BCUT2D eigenvalue weighted by Crippen LogP contribution is 2.22. The van der Waals surface area contributed by atoms with E-state index in [1.54, 1.807) is 31.4 Å². The van der Waals surface area contributed by atoms with E-state index in [0.717, 1.165) is 24.5 Å². The Morgan fingerprint density at radius 2 is 1.62 bits per heavy atom. The van der Waals surface area contributed by atoms with Crippen molar-refractivity contribution >= 4 is 17.6 Å². The lowest BCUT2D eigenvalue weighted by atomic mass is 10.1. The average Bonchev–Trinajstić information content (AvgIpc) is 2.68. The van der Waals surface area contributed by atoms with Crippen molar-refractivity contribution in [2.24, 2.45) is 0 Å². The van der Waals surface area contributed by atoms with Crippen LogP contribution in [0.3, 0.4) is 0 Å². The fraction of sp³-hybridized carbons (Fsp3) is 0.300. The smallest absolute Gasteiger partial charge is 0.308 e. The Labute approximate surface area is 152 Å². The zero-order chi connectivity index (χ0) is 18.5. The van der Waals surface area contributed by atoms with E-state index in [2.05, 4.69) is 4.90 Å². The van der Waals surface area contributed by atoms with Crippen molar-refractivity contribution < 1.29 is 19.1 Å². The number of rotatable bonds is 4. The van der Waals surface area contributed by atoms with E-state index in [-0.39, 0.29) is 11.9 Å². The van der Waals surface area contributed by atoms with Gasteiger partial charge in [-0.1, -0.05) is 6.07 Å². The van der Waals surface area contributed by atoms with Crippen molar-refractivity contribution in [3.63, 3.8) is 0 Å². The van der Waals surface area contributed by atoms with Gasteiger partial charge in [-0.25, -0.2) is 0 Å². The second-order valence-corrected chi connectivity index (χ2v) is 6.10. The SMILES string of the molecule is COc1cccc(N2CCN(C(=O)c3ccc(OC(C)=O)cc3)CC2)c1. The Bertz CT molecular complexity index is 781. The summed E-state index contributed by atoms with van der Waals surface area (Å²) in [5.41, 5.74) is 1.69. The van der Waals surface area contributed by atoms with E-state index in [4.69, 9.17) is 9.47 Å². The second kappa shape index (κ2) is 7.91. The summed E-state index contributed by atoms with van der Waals surface area (Å²) in [7, 11) is 1.66. The molecule has 0 aromatic heterocycles. The number of piperazine rings is 1. The number of carbonyl (C=O) groups is 2. The Balaban J connectivity index is 1.60. The maximum Gasteiger partial charge on any atom is 0.308 e. The number of benzene rings is 2. The third-order valence-corrected chi connectivity index (χ3v) is 4.35. The highest BCUT2D eigenvalue weighted by atomic mass is 16.5. The summed E-state index contributed by atoms with van der Waals surface area (Å²) in [6.07, 6.45) is 0. The molecule has 26 heavy (non-hydrogen) atoms. The van der Waals surface area contributed by atoms with Gasteiger partial charge in [-0.15, -0.1) is 0 Å². The van der Waals surface area contributed by atoms with Gasteiger partial charge in [0, 0.05) is 50.4 Å². The minimum atomic E-state index is -0.377. The van der Waals surface area contributed by atoms with Crippen molar-refractivity contribution in [1.82, 2.24) is 4.90 Å². The molecular weight excluding hydrogens is 332 g/mol. The molecule has 1 aliphatic heterocycles. The van der Waals surface area contributed by atoms with Gasteiger partial charge in [-0.2, -0.15) is 0 Å². The first-order valence-electron chi connectivity index (χ1n) is 8.53. The number of amides is 1. The van der Waals surface area contributed by atoms with Crippen LogP contribution in [0.2, 0.25) is 0 Å². The van der Waals surface area contributed by atoms with Crippen LogP contribution in [0.5, 0.6) is 11.5 Å². The highest BCUT2D eigenvalue weighted by molar-refractivity contribution is 5.94. The Morgan fingerprint density at radius 3 is 2.23 bits per heavy atom. The van der Waals surface area contributed by atoms with Gasteiger partial charge in [0.05, 0.1) is 7.11 Å². The quantitative estimate of drug-likeness (QED) is 0.624. The van der Waals surface area contributed by atoms with Crippen LogP contribution in [-0.4, -0.2) is 50.1 Å². The van der Waals surface area contributed by atoms with Crippen LogP contribution in [0.15, 0.2) is 48.5 Å². The number of ether oxygens (including phenoxy) is 2. The molecule has 0 saturated carbocycles. The molecule has 0 radical (unpaired) electrons. The number of hydrogen-bond donors (Lipinski definition) is 0. The first kappa shape index (κ1) is 17.8. The molecule has 1 saturated heterocycles. The molecule has 0 N–H and O–H groups in total. The molecule has 1 aliphatic rings. The van der Waals surface area contributed by atoms with Gasteiger partial charge in [-0.05, 0) is 36.4 Å². The summed E-state index contributed by atoms with van der Waals surface area (Å²) < 4.78 is 10.3. The monoisotopic (exact) mass is 354 g/mol. The average molecular weight is 354 g/mol. The molecule has 0 spiro atoms. The number of esters is 1. The van der Waals surface area contributed by atoms with Crippen LogP contribution in [0.25, 0.3) is 0 Å². The summed E-state index contributed by atoms with van der Waals surface area (Å²) >= 11 is 0. The fourth-order valence-electron chi connectivity index (χ4n) is 2.99. The first-order chi connectivity index (χ1) is 12.6. The predicted molar refractivity (Wildman–Crippen MR) is 98.9 cm³/mol. The molecule has 136 valence electrons. The minimum Gasteiger partial charge on any atom is -0.497 e. The molecule has 0 bridgehead atoms. The number of nitrogens with zero attached hydrogens (tertiary/aromatic N) is 2. The van der Waals surface area contributed by atoms with Gasteiger partial charge in [0.1, 0.15) is 11.5 Å². The Hall–Kier alpha value is -3.02. The molecule has 1 fully saturated rings. The number of carbonyl (C=O) groups excluding carboxylic acids is 2. The normalized spacial score (nSPS) is 14.1. The molecule has 1 amide bonds. The summed E-state index contributed by atoms with van der Waals surface area (Å²) in [5.74, 6) is 0.883. The maximum absolute atomic E-state index is 12.7. The largest absolute Gasteiger partial charge is 0.497 e. The second-order valence-electron chi connectivity index (χ2n) is 6.10. The predicted octanol–water partition coefficient (Wildman–Crippen LogP) is 2.58. The topological polar surface area (TPSA) is 59.1 Å². The van der Waals surface area contributed by atoms with Crippen LogP contribution >= 0.6 is 0 Å². The summed E-state index contributed by atoms with van der Waals surface area (Å²) in [4.78, 5) is 27.7. The molecule has 1 heterocycles. The van der Waals surface area contributed by atoms with Gasteiger partial charge in [0.25, 0.3) is 5.91 Å². The van der Waals surface area contributed by atoms with E-state index in [0.29, 0.717) is 24.4 Å². The van der Waals surface area contributed by atoms with Crippen molar-refractivity contribution in [2.75, 3.05) is 38.2 Å². The fourth-order valence-corrected chi connectivity index (χ4v) is 2.99. The van der Waals surface area contributed by atoms with Crippen molar-refractivity contribution in [3.05, 3.63) is 54.1 Å². The summed E-state index contributed by atoms with van der Waals surface area (Å²) in [6, 6.07) is 14.6. The lowest BCUT2D eigenvalue weighted by Crippen LogP contribution is -2.48. The van der Waals surface area contributed by atoms with Crippen LogP contribution in [0, 0.1) is 0 Å². The molecule has 2 aromatic carbocycles. The third-order valence-electron chi connectivity index (χ3n) is 4.35. The van der Waals surface area contributed by atoms with Crippen LogP contribution in [0.1, 0.15) is 17.3 Å². The number of anilines is 1. The summed E-state index contributed by atoms with van der Waals surface area (Å²) in [5, 5.41) is 0. The van der Waals surface area contributed by atoms with Gasteiger partial charge < -0.3 is 19.3 Å². The van der Waals surface area contributed by atoms with Crippen molar-refractivity contribution in [1.29, 1.82) is 0 Å². The maximum atomic E-state index is 12.7. The van der Waals surface area contributed by atoms with Gasteiger partial charge in [0.15, 0.2) is 0 Å².